The van der Waals surface area contributed by atoms with E-state index in [1.54, 1.807) is 12.1 Å². The summed E-state index contributed by atoms with van der Waals surface area (Å²) in [6, 6.07) is 4.91. The molecule has 20 heavy (non-hydrogen) atoms. The van der Waals surface area contributed by atoms with Gasteiger partial charge in [-0.15, -0.1) is 0 Å². The third-order valence-corrected chi connectivity index (χ3v) is 3.97. The van der Waals surface area contributed by atoms with Crippen LogP contribution in [0.4, 0.5) is 0 Å². The average molecular weight is 279 g/mol. The van der Waals surface area contributed by atoms with Crippen LogP contribution < -0.4 is 15.8 Å². The molecule has 1 fully saturated rings. The van der Waals surface area contributed by atoms with Gasteiger partial charge in [0.1, 0.15) is 5.54 Å². The van der Waals surface area contributed by atoms with Crippen molar-refractivity contribution >= 4 is 5.91 Å². The predicted molar refractivity (Wildman–Crippen MR) is 75.6 cm³/mol. The summed E-state index contributed by atoms with van der Waals surface area (Å²) in [5.41, 5.74) is 5.47. The molecule has 1 unspecified atom stereocenters. The largest absolute Gasteiger partial charge is 0.504 e. The zero-order valence-electron chi connectivity index (χ0n) is 11.8. The molecular formula is C14H21N3O3. The molecule has 1 aliphatic rings. The summed E-state index contributed by atoms with van der Waals surface area (Å²) in [5.74, 6) is -0.0272. The van der Waals surface area contributed by atoms with Gasteiger partial charge in [0, 0.05) is 26.2 Å². The molecular weight excluding hydrogens is 258 g/mol. The van der Waals surface area contributed by atoms with Crippen LogP contribution in [0.1, 0.15) is 12.5 Å². The van der Waals surface area contributed by atoms with Crippen LogP contribution in [0.3, 0.4) is 0 Å². The number of benzene rings is 1. The number of carbonyl (C=O) groups is 1. The zero-order valence-corrected chi connectivity index (χ0v) is 11.8. The quantitative estimate of drug-likeness (QED) is 0.722. The van der Waals surface area contributed by atoms with Crippen LogP contribution in [0.5, 0.6) is 11.5 Å². The number of rotatable bonds is 4. The van der Waals surface area contributed by atoms with Crippen LogP contribution in [-0.4, -0.2) is 49.2 Å². The molecule has 1 amide bonds. The first-order chi connectivity index (χ1) is 9.50. The molecule has 1 aliphatic heterocycles. The van der Waals surface area contributed by atoms with E-state index in [9.17, 15) is 9.90 Å². The summed E-state index contributed by atoms with van der Waals surface area (Å²) in [7, 11) is 1.48. The van der Waals surface area contributed by atoms with Gasteiger partial charge in [0.05, 0.1) is 7.11 Å². The van der Waals surface area contributed by atoms with Crippen LogP contribution in [0.15, 0.2) is 18.2 Å². The highest BCUT2D eigenvalue weighted by Crippen LogP contribution is 2.34. The minimum absolute atomic E-state index is 0.0448. The maximum absolute atomic E-state index is 12.1. The lowest BCUT2D eigenvalue weighted by Crippen LogP contribution is -2.58. The number of ether oxygens (including phenoxy) is 1. The Morgan fingerprint density at radius 2 is 2.10 bits per heavy atom. The van der Waals surface area contributed by atoms with Crippen molar-refractivity contribution in [1.82, 2.24) is 10.2 Å². The molecule has 0 radical (unpaired) electrons. The van der Waals surface area contributed by atoms with E-state index in [0.717, 1.165) is 31.7 Å². The lowest BCUT2D eigenvalue weighted by molar-refractivity contribution is -0.130. The fraction of sp³-hybridized carbons (Fsp3) is 0.500. The number of hydrogen-bond acceptors (Lipinski definition) is 5. The molecule has 0 bridgehead atoms. The van der Waals surface area contributed by atoms with Gasteiger partial charge in [-0.3, -0.25) is 9.69 Å². The van der Waals surface area contributed by atoms with E-state index in [0.29, 0.717) is 5.75 Å². The van der Waals surface area contributed by atoms with E-state index in [1.165, 1.54) is 13.2 Å². The number of primary amides is 1. The Bertz CT molecular complexity index is 500. The first kappa shape index (κ1) is 14.6. The second kappa shape index (κ2) is 5.68. The van der Waals surface area contributed by atoms with E-state index in [2.05, 4.69) is 10.2 Å². The Hall–Kier alpha value is -1.79. The summed E-state index contributed by atoms with van der Waals surface area (Å²) in [5, 5.41) is 12.9. The van der Waals surface area contributed by atoms with Crippen LogP contribution in [0.2, 0.25) is 0 Å². The Balaban J connectivity index is 2.44. The minimum atomic E-state index is -0.914. The Labute approximate surface area is 118 Å². The molecule has 110 valence electrons. The number of nitrogens with two attached hydrogens (primary N) is 1. The van der Waals surface area contributed by atoms with Crippen LogP contribution in [0, 0.1) is 0 Å². The summed E-state index contributed by atoms with van der Waals surface area (Å²) >= 11 is 0. The Morgan fingerprint density at radius 1 is 1.45 bits per heavy atom. The van der Waals surface area contributed by atoms with Crippen LogP contribution in [0.25, 0.3) is 0 Å². The predicted octanol–water partition coefficient (Wildman–Crippen LogP) is 0.00650. The minimum Gasteiger partial charge on any atom is -0.504 e. The maximum atomic E-state index is 12.1. The number of aromatic hydroxyl groups is 1. The van der Waals surface area contributed by atoms with Gasteiger partial charge in [0.2, 0.25) is 5.91 Å². The van der Waals surface area contributed by atoms with Crippen molar-refractivity contribution in [2.45, 2.75) is 12.5 Å². The van der Waals surface area contributed by atoms with Crippen molar-refractivity contribution in [2.75, 3.05) is 33.3 Å². The Kier molecular flexibility index (Phi) is 4.15. The molecule has 6 heteroatoms. The fourth-order valence-corrected chi connectivity index (χ4v) is 2.57. The van der Waals surface area contributed by atoms with Crippen molar-refractivity contribution < 1.29 is 14.6 Å². The van der Waals surface area contributed by atoms with E-state index < -0.39 is 11.4 Å². The van der Waals surface area contributed by atoms with Gasteiger partial charge in [-0.25, -0.2) is 0 Å². The second-order valence-corrected chi connectivity index (χ2v) is 5.06. The second-order valence-electron chi connectivity index (χ2n) is 5.06. The van der Waals surface area contributed by atoms with E-state index in [-0.39, 0.29) is 5.75 Å². The van der Waals surface area contributed by atoms with Gasteiger partial charge in [-0.05, 0) is 24.6 Å². The molecule has 1 atom stereocenters. The van der Waals surface area contributed by atoms with Gasteiger partial charge >= 0.3 is 0 Å². The summed E-state index contributed by atoms with van der Waals surface area (Å²) in [6.07, 6.45) is 0. The molecule has 0 aliphatic carbocycles. The van der Waals surface area contributed by atoms with Crippen molar-refractivity contribution in [2.24, 2.45) is 5.73 Å². The molecule has 1 heterocycles. The van der Waals surface area contributed by atoms with E-state index >= 15 is 0 Å². The SMILES string of the molecule is COc1cc(C(C)(C(N)=O)N2CCNCC2)ccc1O. The van der Waals surface area contributed by atoms with Crippen molar-refractivity contribution in [3.63, 3.8) is 0 Å². The summed E-state index contributed by atoms with van der Waals surface area (Å²) < 4.78 is 5.11. The van der Waals surface area contributed by atoms with Gasteiger partial charge in [0.15, 0.2) is 11.5 Å². The molecule has 6 nitrogen and oxygen atoms in total. The third kappa shape index (κ3) is 2.44. The molecule has 0 spiro atoms. The van der Waals surface area contributed by atoms with Crippen molar-refractivity contribution in [3.05, 3.63) is 23.8 Å². The van der Waals surface area contributed by atoms with Gasteiger partial charge in [-0.2, -0.15) is 0 Å². The normalized spacial score (nSPS) is 19.3. The number of carbonyl (C=O) groups excluding carboxylic acids is 1. The fourth-order valence-electron chi connectivity index (χ4n) is 2.57. The average Bonchev–Trinajstić information content (AvgIpc) is 2.47. The van der Waals surface area contributed by atoms with E-state index in [1.807, 2.05) is 6.92 Å². The van der Waals surface area contributed by atoms with Gasteiger partial charge in [-0.1, -0.05) is 6.07 Å². The molecule has 0 saturated carbocycles. The number of nitrogens with one attached hydrogen (secondary N) is 1. The van der Waals surface area contributed by atoms with E-state index in [4.69, 9.17) is 10.5 Å². The Morgan fingerprint density at radius 3 is 2.65 bits per heavy atom. The maximum Gasteiger partial charge on any atom is 0.242 e. The summed E-state index contributed by atoms with van der Waals surface area (Å²) in [4.78, 5) is 14.1. The molecule has 4 N–H and O–H groups in total. The molecule has 1 saturated heterocycles. The number of phenols is 1. The number of piperazine rings is 1. The standard InChI is InChI=1S/C14H21N3O3/c1-14(13(15)19,17-7-5-16-6-8-17)10-3-4-11(18)12(9-10)20-2/h3-4,9,16,18H,5-8H2,1-2H3,(H2,15,19). The topological polar surface area (TPSA) is 87.8 Å². The highest BCUT2D eigenvalue weighted by molar-refractivity contribution is 5.86. The van der Waals surface area contributed by atoms with Crippen LogP contribution in [-0.2, 0) is 10.3 Å². The third-order valence-electron chi connectivity index (χ3n) is 3.97. The first-order valence-corrected chi connectivity index (χ1v) is 6.63. The molecule has 0 aromatic heterocycles. The highest BCUT2D eigenvalue weighted by atomic mass is 16.5. The molecule has 1 aromatic rings. The first-order valence-electron chi connectivity index (χ1n) is 6.63. The lowest BCUT2D eigenvalue weighted by Gasteiger charge is -2.41. The molecule has 2 rings (SSSR count). The van der Waals surface area contributed by atoms with Crippen molar-refractivity contribution in [3.8, 4) is 11.5 Å². The smallest absolute Gasteiger partial charge is 0.242 e. The monoisotopic (exact) mass is 279 g/mol. The van der Waals surface area contributed by atoms with Gasteiger partial charge < -0.3 is 20.9 Å². The number of phenolic OH excluding ortho intramolecular Hbond substituents is 1. The summed E-state index contributed by atoms with van der Waals surface area (Å²) in [6.45, 7) is 4.92. The number of amides is 1. The number of nitrogens with zero attached hydrogens (tertiary/aromatic N) is 1. The lowest BCUT2D eigenvalue weighted by atomic mass is 9.88. The van der Waals surface area contributed by atoms with Crippen molar-refractivity contribution in [1.29, 1.82) is 0 Å². The van der Waals surface area contributed by atoms with Crippen LogP contribution >= 0.6 is 0 Å². The zero-order chi connectivity index (χ0) is 14.8. The highest BCUT2D eigenvalue weighted by Gasteiger charge is 2.40. The van der Waals surface area contributed by atoms with Gasteiger partial charge in [0.25, 0.3) is 0 Å². The molecule has 1 aromatic carbocycles. The number of methoxy groups -OCH3 is 1. The number of hydrogen-bond donors (Lipinski definition) is 3.